The van der Waals surface area contributed by atoms with E-state index in [1.54, 1.807) is 36.0 Å². The van der Waals surface area contributed by atoms with Crippen molar-refractivity contribution in [2.75, 3.05) is 13.7 Å². The summed E-state index contributed by atoms with van der Waals surface area (Å²) in [6.45, 7) is 1.77. The van der Waals surface area contributed by atoms with E-state index in [1.807, 2.05) is 6.92 Å². The number of hydrogen-bond acceptors (Lipinski definition) is 4. The molecule has 2 aromatic rings. The van der Waals surface area contributed by atoms with Gasteiger partial charge in [0, 0.05) is 18.5 Å². The lowest BCUT2D eigenvalue weighted by atomic mass is 10.2. The monoisotopic (exact) mass is 372 g/mol. The molecule has 9 heteroatoms. The average Bonchev–Trinajstić information content (AvgIpc) is 2.98. The standard InChI is InChI=1S/C16H19F3N4OS/c1-11-14(25-10-23-11)8-22-15(20-2)21-7-12-3-5-13(6-4-12)24-9-16(17,18)19/h3-6,10H,7-9H2,1-2H3,(H2,20,21,22). The van der Waals surface area contributed by atoms with Crippen LogP contribution in [-0.4, -0.2) is 30.8 Å². The predicted molar refractivity (Wildman–Crippen MR) is 91.9 cm³/mol. The number of aliphatic imine (C=N–C) groups is 1. The summed E-state index contributed by atoms with van der Waals surface area (Å²) in [6, 6.07) is 6.44. The first-order valence-electron chi connectivity index (χ1n) is 7.49. The lowest BCUT2D eigenvalue weighted by Crippen LogP contribution is -2.36. The van der Waals surface area contributed by atoms with E-state index < -0.39 is 12.8 Å². The fraction of sp³-hybridized carbons (Fsp3) is 0.375. The predicted octanol–water partition coefficient (Wildman–Crippen LogP) is 3.26. The molecule has 0 radical (unpaired) electrons. The molecule has 0 bridgehead atoms. The molecule has 0 aliphatic carbocycles. The molecule has 0 atom stereocenters. The number of benzene rings is 1. The molecule has 0 saturated carbocycles. The molecule has 2 N–H and O–H groups in total. The van der Waals surface area contributed by atoms with Crippen LogP contribution < -0.4 is 15.4 Å². The van der Waals surface area contributed by atoms with Crippen LogP contribution in [0.3, 0.4) is 0 Å². The van der Waals surface area contributed by atoms with Crippen LogP contribution in [0.4, 0.5) is 13.2 Å². The molecule has 136 valence electrons. The first-order valence-corrected chi connectivity index (χ1v) is 8.37. The van der Waals surface area contributed by atoms with Crippen molar-refractivity contribution < 1.29 is 17.9 Å². The highest BCUT2D eigenvalue weighted by molar-refractivity contribution is 7.09. The molecule has 0 unspecified atom stereocenters. The maximum absolute atomic E-state index is 12.1. The Morgan fingerprint density at radius 1 is 1.20 bits per heavy atom. The molecule has 0 amide bonds. The number of alkyl halides is 3. The van der Waals surface area contributed by atoms with Gasteiger partial charge in [0.05, 0.1) is 17.7 Å². The average molecular weight is 372 g/mol. The van der Waals surface area contributed by atoms with E-state index in [9.17, 15) is 13.2 Å². The van der Waals surface area contributed by atoms with E-state index in [0.29, 0.717) is 19.0 Å². The van der Waals surface area contributed by atoms with Crippen molar-refractivity contribution in [2.24, 2.45) is 4.99 Å². The van der Waals surface area contributed by atoms with E-state index in [0.717, 1.165) is 16.1 Å². The maximum Gasteiger partial charge on any atom is 0.422 e. The maximum atomic E-state index is 12.1. The topological polar surface area (TPSA) is 58.5 Å². The molecule has 0 fully saturated rings. The molecule has 2 rings (SSSR count). The van der Waals surface area contributed by atoms with Gasteiger partial charge < -0.3 is 15.4 Å². The number of halogens is 3. The summed E-state index contributed by atoms with van der Waals surface area (Å²) in [5.41, 5.74) is 3.68. The number of hydrogen-bond donors (Lipinski definition) is 2. The summed E-state index contributed by atoms with van der Waals surface area (Å²) in [4.78, 5) is 9.46. The van der Waals surface area contributed by atoms with Gasteiger partial charge in [-0.3, -0.25) is 4.99 Å². The van der Waals surface area contributed by atoms with Gasteiger partial charge in [0.1, 0.15) is 5.75 Å². The Morgan fingerprint density at radius 2 is 1.88 bits per heavy atom. The van der Waals surface area contributed by atoms with Crippen molar-refractivity contribution in [1.82, 2.24) is 15.6 Å². The van der Waals surface area contributed by atoms with Crippen LogP contribution in [0.5, 0.6) is 5.75 Å². The number of guanidine groups is 1. The Kier molecular flexibility index (Phi) is 6.63. The summed E-state index contributed by atoms with van der Waals surface area (Å²) < 4.78 is 41.0. The van der Waals surface area contributed by atoms with Crippen LogP contribution in [-0.2, 0) is 13.1 Å². The third kappa shape index (κ3) is 6.61. The van der Waals surface area contributed by atoms with Crippen molar-refractivity contribution in [2.45, 2.75) is 26.2 Å². The second-order valence-electron chi connectivity index (χ2n) is 5.19. The van der Waals surface area contributed by atoms with Crippen LogP contribution in [0.2, 0.25) is 0 Å². The Bertz CT molecular complexity index is 698. The van der Waals surface area contributed by atoms with E-state index in [4.69, 9.17) is 0 Å². The Morgan fingerprint density at radius 3 is 2.44 bits per heavy atom. The molecule has 0 aliphatic heterocycles. The third-order valence-electron chi connectivity index (χ3n) is 3.27. The van der Waals surface area contributed by atoms with Gasteiger partial charge in [-0.15, -0.1) is 11.3 Å². The Hall–Kier alpha value is -2.29. The second-order valence-corrected chi connectivity index (χ2v) is 6.13. The number of thiazole rings is 1. The van der Waals surface area contributed by atoms with E-state index >= 15 is 0 Å². The normalized spacial score (nSPS) is 12.1. The van der Waals surface area contributed by atoms with Gasteiger partial charge >= 0.3 is 6.18 Å². The van der Waals surface area contributed by atoms with Crippen LogP contribution in [0.1, 0.15) is 16.1 Å². The second kappa shape index (κ2) is 8.70. The number of ether oxygens (including phenoxy) is 1. The molecule has 0 aliphatic rings. The Labute approximate surface area is 148 Å². The molecular weight excluding hydrogens is 353 g/mol. The highest BCUT2D eigenvalue weighted by atomic mass is 32.1. The van der Waals surface area contributed by atoms with Crippen molar-refractivity contribution in [3.8, 4) is 5.75 Å². The fourth-order valence-corrected chi connectivity index (χ4v) is 2.65. The molecule has 1 aromatic carbocycles. The largest absolute Gasteiger partial charge is 0.484 e. The summed E-state index contributed by atoms with van der Waals surface area (Å²) in [6.07, 6.45) is -4.34. The first kappa shape index (κ1) is 19.0. The SMILES string of the molecule is CN=C(NCc1ccc(OCC(F)(F)F)cc1)NCc1scnc1C. The van der Waals surface area contributed by atoms with Crippen molar-refractivity contribution in [3.63, 3.8) is 0 Å². The minimum absolute atomic E-state index is 0.184. The van der Waals surface area contributed by atoms with Crippen LogP contribution >= 0.6 is 11.3 Å². The van der Waals surface area contributed by atoms with Crippen molar-refractivity contribution >= 4 is 17.3 Å². The molecule has 1 heterocycles. The lowest BCUT2D eigenvalue weighted by molar-refractivity contribution is -0.153. The molecule has 0 spiro atoms. The fourth-order valence-electron chi connectivity index (χ4n) is 1.93. The lowest BCUT2D eigenvalue weighted by Gasteiger charge is -2.12. The zero-order valence-electron chi connectivity index (χ0n) is 13.9. The zero-order valence-corrected chi connectivity index (χ0v) is 14.7. The van der Waals surface area contributed by atoms with Crippen LogP contribution in [0.25, 0.3) is 0 Å². The zero-order chi connectivity index (χ0) is 18.3. The van der Waals surface area contributed by atoms with E-state index in [-0.39, 0.29) is 5.75 Å². The van der Waals surface area contributed by atoms with Crippen LogP contribution in [0.15, 0.2) is 34.8 Å². The first-order chi connectivity index (χ1) is 11.9. The van der Waals surface area contributed by atoms with Gasteiger partial charge in [-0.25, -0.2) is 4.98 Å². The van der Waals surface area contributed by atoms with Gasteiger partial charge in [0.2, 0.25) is 0 Å². The number of aromatic nitrogens is 1. The van der Waals surface area contributed by atoms with E-state index in [2.05, 4.69) is 25.3 Å². The third-order valence-corrected chi connectivity index (χ3v) is 4.21. The molecule has 1 aromatic heterocycles. The minimum atomic E-state index is -4.34. The van der Waals surface area contributed by atoms with Crippen molar-refractivity contribution in [3.05, 3.63) is 45.9 Å². The molecular formula is C16H19F3N4OS. The van der Waals surface area contributed by atoms with Gasteiger partial charge in [-0.05, 0) is 24.6 Å². The summed E-state index contributed by atoms with van der Waals surface area (Å²) in [7, 11) is 1.67. The van der Waals surface area contributed by atoms with Gasteiger partial charge in [-0.2, -0.15) is 13.2 Å². The number of nitrogens with zero attached hydrogens (tertiary/aromatic N) is 2. The number of nitrogens with one attached hydrogen (secondary N) is 2. The Balaban J connectivity index is 1.80. The van der Waals surface area contributed by atoms with Gasteiger partial charge in [0.15, 0.2) is 12.6 Å². The summed E-state index contributed by atoms with van der Waals surface area (Å²) >= 11 is 1.57. The molecule has 0 saturated heterocycles. The molecule has 25 heavy (non-hydrogen) atoms. The van der Waals surface area contributed by atoms with E-state index in [1.165, 1.54) is 12.1 Å². The summed E-state index contributed by atoms with van der Waals surface area (Å²) in [5, 5.41) is 6.34. The number of rotatable bonds is 6. The smallest absolute Gasteiger partial charge is 0.422 e. The molecule has 5 nitrogen and oxygen atoms in total. The summed E-state index contributed by atoms with van der Waals surface area (Å²) in [5.74, 6) is 0.814. The quantitative estimate of drug-likeness (QED) is 0.604. The highest BCUT2D eigenvalue weighted by Crippen LogP contribution is 2.18. The highest BCUT2D eigenvalue weighted by Gasteiger charge is 2.28. The minimum Gasteiger partial charge on any atom is -0.484 e. The van der Waals surface area contributed by atoms with Gasteiger partial charge in [-0.1, -0.05) is 12.1 Å². The number of aryl methyl sites for hydroxylation is 1. The van der Waals surface area contributed by atoms with Crippen LogP contribution in [0, 0.1) is 6.92 Å². The van der Waals surface area contributed by atoms with Gasteiger partial charge in [0.25, 0.3) is 0 Å². The van der Waals surface area contributed by atoms with Crippen molar-refractivity contribution in [1.29, 1.82) is 0 Å².